The molecule has 0 aliphatic rings. The van der Waals surface area contributed by atoms with E-state index in [1.807, 2.05) is 60.7 Å². The fourth-order valence-corrected chi connectivity index (χ4v) is 2.99. The second-order valence-corrected chi connectivity index (χ2v) is 5.47. The van der Waals surface area contributed by atoms with Crippen LogP contribution in [-0.2, 0) is 0 Å². The van der Waals surface area contributed by atoms with Crippen LogP contribution in [0, 0.1) is 0 Å². The van der Waals surface area contributed by atoms with Gasteiger partial charge in [-0.3, -0.25) is 4.79 Å². The third kappa shape index (κ3) is 2.18. The van der Waals surface area contributed by atoms with E-state index in [0.717, 1.165) is 27.4 Å². The summed E-state index contributed by atoms with van der Waals surface area (Å²) in [7, 11) is 1.64. The van der Waals surface area contributed by atoms with Crippen LogP contribution in [0.2, 0.25) is 0 Å². The number of fused-ring (bicyclic) bond motifs is 2. The topological polar surface area (TPSA) is 42.1 Å². The molecule has 3 nitrogen and oxygen atoms in total. The molecule has 3 aromatic carbocycles. The van der Waals surface area contributed by atoms with Gasteiger partial charge in [0.2, 0.25) is 0 Å². The largest absolute Gasteiger partial charge is 0.497 e. The van der Waals surface area contributed by atoms with Gasteiger partial charge in [-0.25, -0.2) is 0 Å². The molecular formula is C20H15NO2. The van der Waals surface area contributed by atoms with Crippen molar-refractivity contribution in [1.82, 2.24) is 4.98 Å². The van der Waals surface area contributed by atoms with Crippen molar-refractivity contribution in [3.63, 3.8) is 0 Å². The van der Waals surface area contributed by atoms with Gasteiger partial charge in [-0.1, -0.05) is 36.4 Å². The molecule has 1 heterocycles. The van der Waals surface area contributed by atoms with Crippen LogP contribution < -0.4 is 4.74 Å². The maximum Gasteiger partial charge on any atom is 0.195 e. The van der Waals surface area contributed by atoms with Crippen LogP contribution in [0.1, 0.15) is 15.9 Å². The zero-order valence-corrected chi connectivity index (χ0v) is 12.7. The maximum absolute atomic E-state index is 13.0. The minimum atomic E-state index is 0.0261. The monoisotopic (exact) mass is 301 g/mol. The molecule has 0 spiro atoms. The van der Waals surface area contributed by atoms with Crippen LogP contribution in [0.5, 0.6) is 5.75 Å². The van der Waals surface area contributed by atoms with Gasteiger partial charge < -0.3 is 9.72 Å². The van der Waals surface area contributed by atoms with E-state index in [4.69, 9.17) is 4.74 Å². The number of carbonyl (C=O) groups excluding carboxylic acids is 1. The summed E-state index contributed by atoms with van der Waals surface area (Å²) in [5.74, 6) is 0.812. The van der Waals surface area contributed by atoms with Gasteiger partial charge in [0.1, 0.15) is 5.75 Å². The van der Waals surface area contributed by atoms with Crippen LogP contribution in [0.3, 0.4) is 0 Å². The molecule has 3 heteroatoms. The number of ether oxygens (including phenoxy) is 1. The van der Waals surface area contributed by atoms with Gasteiger partial charge in [-0.2, -0.15) is 0 Å². The van der Waals surface area contributed by atoms with Gasteiger partial charge in [-0.15, -0.1) is 0 Å². The molecule has 4 aromatic rings. The Balaban J connectivity index is 1.90. The molecule has 112 valence electrons. The van der Waals surface area contributed by atoms with E-state index in [2.05, 4.69) is 4.98 Å². The first kappa shape index (κ1) is 13.6. The Bertz CT molecular complexity index is 1030. The number of aromatic nitrogens is 1. The Morgan fingerprint density at radius 3 is 2.65 bits per heavy atom. The normalized spacial score (nSPS) is 11.0. The summed E-state index contributed by atoms with van der Waals surface area (Å²) in [5, 5.41) is 2.88. The fourth-order valence-electron chi connectivity index (χ4n) is 2.99. The number of rotatable bonds is 3. The van der Waals surface area contributed by atoms with E-state index in [1.54, 1.807) is 13.3 Å². The molecule has 0 saturated carbocycles. The van der Waals surface area contributed by atoms with Gasteiger partial charge in [-0.05, 0) is 35.0 Å². The summed E-state index contributed by atoms with van der Waals surface area (Å²) in [6.07, 6.45) is 1.79. The zero-order chi connectivity index (χ0) is 15.8. The van der Waals surface area contributed by atoms with Crippen molar-refractivity contribution in [3.8, 4) is 5.75 Å². The van der Waals surface area contributed by atoms with Gasteiger partial charge in [0.05, 0.1) is 7.11 Å². The Kier molecular flexibility index (Phi) is 3.12. The van der Waals surface area contributed by atoms with Crippen molar-refractivity contribution in [2.75, 3.05) is 7.11 Å². The molecule has 4 rings (SSSR count). The predicted molar refractivity (Wildman–Crippen MR) is 92.2 cm³/mol. The number of H-pyrrole nitrogens is 1. The number of carbonyl (C=O) groups is 1. The van der Waals surface area contributed by atoms with Crippen LogP contribution in [0.25, 0.3) is 21.7 Å². The second kappa shape index (κ2) is 5.29. The number of hydrogen-bond donors (Lipinski definition) is 1. The van der Waals surface area contributed by atoms with Crippen LogP contribution in [-0.4, -0.2) is 17.9 Å². The summed E-state index contributed by atoms with van der Waals surface area (Å²) < 4.78 is 5.26. The molecule has 1 aromatic heterocycles. The molecule has 0 aliphatic heterocycles. The quantitative estimate of drug-likeness (QED) is 0.564. The SMILES string of the molecule is COc1ccc2c(C(=O)c3c[nH]c4ccccc34)cccc2c1. The first-order valence-electron chi connectivity index (χ1n) is 7.45. The van der Waals surface area contributed by atoms with E-state index >= 15 is 0 Å². The lowest BCUT2D eigenvalue weighted by Crippen LogP contribution is -2.01. The number of benzene rings is 3. The van der Waals surface area contributed by atoms with Gasteiger partial charge in [0, 0.05) is 28.2 Å². The third-order valence-corrected chi connectivity index (χ3v) is 4.17. The molecule has 0 atom stereocenters. The van der Waals surface area contributed by atoms with Crippen LogP contribution >= 0.6 is 0 Å². The predicted octanol–water partition coefficient (Wildman–Crippen LogP) is 4.56. The average molecular weight is 301 g/mol. The lowest BCUT2D eigenvalue weighted by Gasteiger charge is -2.07. The Labute approximate surface area is 133 Å². The van der Waals surface area contributed by atoms with E-state index in [-0.39, 0.29) is 5.78 Å². The second-order valence-electron chi connectivity index (χ2n) is 5.47. The van der Waals surface area contributed by atoms with Crippen molar-refractivity contribution < 1.29 is 9.53 Å². The Hall–Kier alpha value is -3.07. The fraction of sp³-hybridized carbons (Fsp3) is 0.0500. The van der Waals surface area contributed by atoms with E-state index < -0.39 is 0 Å². The van der Waals surface area contributed by atoms with Crippen LogP contribution in [0.4, 0.5) is 0 Å². The summed E-state index contributed by atoms with van der Waals surface area (Å²) in [4.78, 5) is 16.2. The summed E-state index contributed by atoms with van der Waals surface area (Å²) in [6.45, 7) is 0. The molecule has 1 N–H and O–H groups in total. The number of ketones is 1. The molecule has 0 radical (unpaired) electrons. The highest BCUT2D eigenvalue weighted by atomic mass is 16.5. The Morgan fingerprint density at radius 1 is 0.913 bits per heavy atom. The zero-order valence-electron chi connectivity index (χ0n) is 12.7. The molecule has 0 bridgehead atoms. The molecule has 0 saturated heterocycles. The minimum absolute atomic E-state index is 0.0261. The number of aromatic amines is 1. The maximum atomic E-state index is 13.0. The number of methoxy groups -OCH3 is 1. The molecule has 0 fully saturated rings. The average Bonchev–Trinajstić information content (AvgIpc) is 3.04. The molecule has 0 amide bonds. The number of hydrogen-bond acceptors (Lipinski definition) is 2. The standard InChI is InChI=1S/C20H15NO2/c1-23-14-9-10-15-13(11-14)5-4-7-17(15)20(22)18-12-21-19-8-3-2-6-16(18)19/h2-12,21H,1H3. The molecule has 0 unspecified atom stereocenters. The minimum Gasteiger partial charge on any atom is -0.497 e. The molecule has 23 heavy (non-hydrogen) atoms. The highest BCUT2D eigenvalue weighted by Gasteiger charge is 2.16. The smallest absolute Gasteiger partial charge is 0.195 e. The van der Waals surface area contributed by atoms with Gasteiger partial charge in [0.15, 0.2) is 5.78 Å². The lowest BCUT2D eigenvalue weighted by molar-refractivity contribution is 0.104. The highest BCUT2D eigenvalue weighted by molar-refractivity contribution is 6.21. The number of nitrogens with one attached hydrogen (secondary N) is 1. The van der Waals surface area contributed by atoms with E-state index in [9.17, 15) is 4.79 Å². The highest BCUT2D eigenvalue weighted by Crippen LogP contribution is 2.27. The van der Waals surface area contributed by atoms with Crippen molar-refractivity contribution in [2.24, 2.45) is 0 Å². The van der Waals surface area contributed by atoms with E-state index in [0.29, 0.717) is 11.1 Å². The lowest BCUT2D eigenvalue weighted by atomic mass is 9.97. The summed E-state index contributed by atoms with van der Waals surface area (Å²) in [5.41, 5.74) is 2.37. The molecule has 0 aliphatic carbocycles. The van der Waals surface area contributed by atoms with Crippen molar-refractivity contribution in [3.05, 3.63) is 78.0 Å². The summed E-state index contributed by atoms with van der Waals surface area (Å²) in [6, 6.07) is 19.4. The summed E-state index contributed by atoms with van der Waals surface area (Å²) >= 11 is 0. The van der Waals surface area contributed by atoms with Crippen LogP contribution in [0.15, 0.2) is 66.9 Å². The number of para-hydroxylation sites is 1. The molecular weight excluding hydrogens is 286 g/mol. The first-order valence-corrected chi connectivity index (χ1v) is 7.45. The van der Waals surface area contributed by atoms with Gasteiger partial charge >= 0.3 is 0 Å². The Morgan fingerprint density at radius 2 is 1.78 bits per heavy atom. The first-order chi connectivity index (χ1) is 11.3. The van der Waals surface area contributed by atoms with Crippen molar-refractivity contribution >= 4 is 27.5 Å². The van der Waals surface area contributed by atoms with Gasteiger partial charge in [0.25, 0.3) is 0 Å². The van der Waals surface area contributed by atoms with Crippen molar-refractivity contribution in [1.29, 1.82) is 0 Å². The third-order valence-electron chi connectivity index (χ3n) is 4.17. The van der Waals surface area contributed by atoms with Crippen molar-refractivity contribution in [2.45, 2.75) is 0 Å². The van der Waals surface area contributed by atoms with E-state index in [1.165, 1.54) is 0 Å².